The van der Waals surface area contributed by atoms with Crippen molar-refractivity contribution in [2.24, 2.45) is 5.92 Å². The van der Waals surface area contributed by atoms with Crippen LogP contribution >= 0.6 is 15.9 Å². The number of aliphatic hydroxyl groups is 1. The number of benzene rings is 1. The number of nitrogens with zero attached hydrogens (tertiary/aromatic N) is 1. The minimum absolute atomic E-state index is 0.0656. The first kappa shape index (κ1) is 15.0. The Kier molecular flexibility index (Phi) is 4.33. The summed E-state index contributed by atoms with van der Waals surface area (Å²) in [5.41, 5.74) is 3.04. The quantitative estimate of drug-likeness (QED) is 0.859. The fraction of sp³-hybridized carbons (Fsp3) is 0.562. The van der Waals surface area contributed by atoms with E-state index >= 15 is 0 Å². The largest absolute Gasteiger partial charge is 0.388 e. The summed E-state index contributed by atoms with van der Waals surface area (Å²) < 4.78 is 0.949. The van der Waals surface area contributed by atoms with Gasteiger partial charge in [0.05, 0.1) is 6.10 Å². The second-order valence-electron chi connectivity index (χ2n) is 5.97. The number of piperidine rings is 1. The van der Waals surface area contributed by atoms with Crippen LogP contribution in [0.3, 0.4) is 0 Å². The molecule has 2 aliphatic rings. The van der Waals surface area contributed by atoms with Gasteiger partial charge in [-0.15, -0.1) is 0 Å². The number of fused-ring (bicyclic) bond motifs is 1. The minimum Gasteiger partial charge on any atom is -0.388 e. The maximum atomic E-state index is 11.7. The summed E-state index contributed by atoms with van der Waals surface area (Å²) in [5, 5.41) is 14.1. The number of hydrogen-bond donors (Lipinski definition) is 2. The highest BCUT2D eigenvalue weighted by atomic mass is 79.9. The Labute approximate surface area is 133 Å². The van der Waals surface area contributed by atoms with Crippen LogP contribution in [0.5, 0.6) is 0 Å². The molecule has 2 heterocycles. The number of rotatable bonds is 2. The number of carbonyl (C=O) groups is 1. The molecule has 0 spiro atoms. The fourth-order valence-electron chi connectivity index (χ4n) is 3.38. The molecular weight excluding hydrogens is 332 g/mol. The fourth-order valence-corrected chi connectivity index (χ4v) is 4.00. The Hall–Kier alpha value is -0.910. The lowest BCUT2D eigenvalue weighted by atomic mass is 9.89. The topological polar surface area (TPSA) is 52.6 Å². The third-order valence-corrected chi connectivity index (χ3v) is 5.26. The summed E-state index contributed by atoms with van der Waals surface area (Å²) in [6.07, 6.45) is 2.53. The second kappa shape index (κ2) is 6.07. The van der Waals surface area contributed by atoms with Crippen molar-refractivity contribution in [1.82, 2.24) is 5.32 Å². The molecule has 0 bridgehead atoms. The molecule has 0 saturated carbocycles. The third-order valence-electron chi connectivity index (χ3n) is 4.57. The molecular formula is C16H21BrN2O2. The van der Waals surface area contributed by atoms with Crippen LogP contribution in [0.1, 0.15) is 37.0 Å². The molecule has 1 aromatic carbocycles. The molecule has 2 aliphatic heterocycles. The van der Waals surface area contributed by atoms with Gasteiger partial charge in [0.15, 0.2) is 0 Å². The molecule has 5 heteroatoms. The highest BCUT2D eigenvalue weighted by Gasteiger charge is 2.28. The predicted octanol–water partition coefficient (Wildman–Crippen LogP) is 2.39. The molecule has 0 aliphatic carbocycles. The van der Waals surface area contributed by atoms with Crippen LogP contribution < -0.4 is 10.2 Å². The van der Waals surface area contributed by atoms with Crippen LogP contribution in [0, 0.1) is 5.92 Å². The molecule has 1 saturated heterocycles. The van der Waals surface area contributed by atoms with Gasteiger partial charge in [-0.25, -0.2) is 0 Å². The van der Waals surface area contributed by atoms with E-state index in [4.69, 9.17) is 0 Å². The van der Waals surface area contributed by atoms with Gasteiger partial charge in [-0.3, -0.25) is 4.79 Å². The molecule has 1 amide bonds. The van der Waals surface area contributed by atoms with Crippen LogP contribution in [0.15, 0.2) is 16.6 Å². The molecule has 3 rings (SSSR count). The average molecular weight is 353 g/mol. The van der Waals surface area contributed by atoms with Gasteiger partial charge in [-0.2, -0.15) is 0 Å². The predicted molar refractivity (Wildman–Crippen MR) is 86.4 cm³/mol. The first-order chi connectivity index (χ1) is 10.1. The van der Waals surface area contributed by atoms with Crippen LogP contribution in [0.4, 0.5) is 5.69 Å². The lowest BCUT2D eigenvalue weighted by Crippen LogP contribution is -2.33. The third kappa shape index (κ3) is 2.87. The molecule has 114 valence electrons. The molecule has 2 N–H and O–H groups in total. The Bertz CT molecular complexity index is 555. The number of hydrogen-bond acceptors (Lipinski definition) is 3. The standard InChI is InChI=1S/C16H21BrN2O2/c1-10(20)19-6-4-11-7-14(17)13(8-15(11)19)16(21)12-3-2-5-18-9-12/h7-8,12,16,18,21H,2-6,9H2,1H3. The highest BCUT2D eigenvalue weighted by molar-refractivity contribution is 9.10. The molecule has 1 aromatic rings. The summed E-state index contributed by atoms with van der Waals surface area (Å²) >= 11 is 3.59. The lowest BCUT2D eigenvalue weighted by Gasteiger charge is -2.29. The first-order valence-corrected chi connectivity index (χ1v) is 8.36. The number of carbonyl (C=O) groups excluding carboxylic acids is 1. The molecule has 21 heavy (non-hydrogen) atoms. The second-order valence-corrected chi connectivity index (χ2v) is 6.83. The van der Waals surface area contributed by atoms with E-state index in [1.54, 1.807) is 11.8 Å². The van der Waals surface area contributed by atoms with Crippen LogP contribution in [0.25, 0.3) is 0 Å². The molecule has 0 radical (unpaired) electrons. The van der Waals surface area contributed by atoms with Gasteiger partial charge < -0.3 is 15.3 Å². The number of aliphatic hydroxyl groups excluding tert-OH is 1. The zero-order chi connectivity index (χ0) is 15.0. The normalized spacial score (nSPS) is 23.0. The van der Waals surface area contributed by atoms with E-state index in [9.17, 15) is 9.90 Å². The van der Waals surface area contributed by atoms with Crippen molar-refractivity contribution in [2.75, 3.05) is 24.5 Å². The van der Waals surface area contributed by atoms with Crippen molar-refractivity contribution < 1.29 is 9.90 Å². The van der Waals surface area contributed by atoms with Crippen LogP contribution in [-0.2, 0) is 11.2 Å². The zero-order valence-corrected chi connectivity index (χ0v) is 13.8. The summed E-state index contributed by atoms with van der Waals surface area (Å²) in [6, 6.07) is 4.06. The van der Waals surface area contributed by atoms with Gasteiger partial charge in [-0.05, 0) is 49.1 Å². The molecule has 4 nitrogen and oxygen atoms in total. The lowest BCUT2D eigenvalue weighted by molar-refractivity contribution is -0.116. The summed E-state index contributed by atoms with van der Waals surface area (Å²) in [7, 11) is 0. The van der Waals surface area contributed by atoms with E-state index in [0.29, 0.717) is 0 Å². The highest BCUT2D eigenvalue weighted by Crippen LogP contribution is 2.38. The molecule has 2 atom stereocenters. The van der Waals surface area contributed by atoms with E-state index in [2.05, 4.69) is 27.3 Å². The van der Waals surface area contributed by atoms with Gasteiger partial charge >= 0.3 is 0 Å². The monoisotopic (exact) mass is 352 g/mol. The molecule has 1 fully saturated rings. The Morgan fingerprint density at radius 2 is 2.33 bits per heavy atom. The van der Waals surface area contributed by atoms with Crippen molar-refractivity contribution in [3.8, 4) is 0 Å². The van der Waals surface area contributed by atoms with Crippen LogP contribution in [0.2, 0.25) is 0 Å². The van der Waals surface area contributed by atoms with Gasteiger partial charge in [-0.1, -0.05) is 15.9 Å². The summed E-state index contributed by atoms with van der Waals surface area (Å²) in [5.74, 6) is 0.302. The number of halogens is 1. The molecule has 0 aromatic heterocycles. The maximum Gasteiger partial charge on any atom is 0.223 e. The number of anilines is 1. The van der Waals surface area contributed by atoms with Crippen molar-refractivity contribution in [3.05, 3.63) is 27.7 Å². The van der Waals surface area contributed by atoms with Gasteiger partial charge in [0.25, 0.3) is 0 Å². The van der Waals surface area contributed by atoms with Crippen molar-refractivity contribution in [1.29, 1.82) is 0 Å². The van der Waals surface area contributed by atoms with E-state index in [1.165, 1.54) is 5.56 Å². The van der Waals surface area contributed by atoms with Crippen LogP contribution in [-0.4, -0.2) is 30.6 Å². The Morgan fingerprint density at radius 3 is 3.00 bits per heavy atom. The molecule has 2 unspecified atom stereocenters. The zero-order valence-electron chi connectivity index (χ0n) is 12.2. The van der Waals surface area contributed by atoms with Gasteiger partial charge in [0.1, 0.15) is 0 Å². The Morgan fingerprint density at radius 1 is 1.52 bits per heavy atom. The first-order valence-electron chi connectivity index (χ1n) is 7.57. The van der Waals surface area contributed by atoms with E-state index < -0.39 is 6.10 Å². The summed E-state index contributed by atoms with van der Waals surface area (Å²) in [4.78, 5) is 13.5. The van der Waals surface area contributed by atoms with Gasteiger partial charge in [0.2, 0.25) is 5.91 Å². The van der Waals surface area contributed by atoms with Gasteiger partial charge in [0, 0.05) is 36.1 Å². The summed E-state index contributed by atoms with van der Waals surface area (Å²) in [6.45, 7) is 4.22. The van der Waals surface area contributed by atoms with Crippen molar-refractivity contribution >= 4 is 27.5 Å². The van der Waals surface area contributed by atoms with E-state index in [1.807, 2.05) is 6.07 Å². The number of nitrogens with one attached hydrogen (secondary N) is 1. The van der Waals surface area contributed by atoms with E-state index in [-0.39, 0.29) is 11.8 Å². The SMILES string of the molecule is CC(=O)N1CCc2cc(Br)c(C(O)C3CCCNC3)cc21. The van der Waals surface area contributed by atoms with E-state index in [0.717, 1.165) is 54.6 Å². The average Bonchev–Trinajstić information content (AvgIpc) is 2.89. The minimum atomic E-state index is -0.494. The van der Waals surface area contributed by atoms with Crippen molar-refractivity contribution in [3.63, 3.8) is 0 Å². The van der Waals surface area contributed by atoms with Crippen molar-refractivity contribution in [2.45, 2.75) is 32.3 Å². The maximum absolute atomic E-state index is 11.7. The Balaban J connectivity index is 1.92. The number of amides is 1. The smallest absolute Gasteiger partial charge is 0.223 e.